The summed E-state index contributed by atoms with van der Waals surface area (Å²) in [4.78, 5) is 47.5. The first-order valence-electron chi connectivity index (χ1n) is 8.13. The Morgan fingerprint density at radius 1 is 1.30 bits per heavy atom. The molecule has 10 heteroatoms. The first kappa shape index (κ1) is 19.9. The summed E-state index contributed by atoms with van der Waals surface area (Å²) in [6.45, 7) is 3.31. The second-order valence-corrected chi connectivity index (χ2v) is 6.35. The van der Waals surface area contributed by atoms with Gasteiger partial charge in [0.1, 0.15) is 11.4 Å². The second-order valence-electron chi connectivity index (χ2n) is 6.35. The predicted molar refractivity (Wildman–Crippen MR) is 98.1 cm³/mol. The molecule has 0 atom stereocenters. The van der Waals surface area contributed by atoms with Crippen LogP contribution in [-0.2, 0) is 13.6 Å². The van der Waals surface area contributed by atoms with E-state index in [-0.39, 0.29) is 35.3 Å². The third-order valence-corrected chi connectivity index (χ3v) is 3.83. The molecule has 0 radical (unpaired) electrons. The van der Waals surface area contributed by atoms with Gasteiger partial charge < -0.3 is 10.5 Å². The highest BCUT2D eigenvalue weighted by molar-refractivity contribution is 6.00. The zero-order valence-corrected chi connectivity index (χ0v) is 15.2. The van der Waals surface area contributed by atoms with Gasteiger partial charge in [0.15, 0.2) is 12.4 Å². The van der Waals surface area contributed by atoms with Crippen LogP contribution in [0.2, 0.25) is 0 Å². The molecule has 0 saturated carbocycles. The summed E-state index contributed by atoms with van der Waals surface area (Å²) in [6.07, 6.45) is 0. The fourth-order valence-electron chi connectivity index (χ4n) is 2.53. The van der Waals surface area contributed by atoms with Gasteiger partial charge in [-0.25, -0.2) is 4.79 Å². The third kappa shape index (κ3) is 4.05. The first-order chi connectivity index (χ1) is 12.6. The molecule has 27 heavy (non-hydrogen) atoms. The summed E-state index contributed by atoms with van der Waals surface area (Å²) in [5.41, 5.74) is 3.77. The summed E-state index contributed by atoms with van der Waals surface area (Å²) in [5.74, 6) is -1.08. The van der Waals surface area contributed by atoms with Crippen molar-refractivity contribution in [3.63, 3.8) is 0 Å². The summed E-state index contributed by atoms with van der Waals surface area (Å²) in [6, 6.07) is 5.55. The lowest BCUT2D eigenvalue weighted by Crippen LogP contribution is -2.43. The van der Waals surface area contributed by atoms with E-state index in [1.165, 1.54) is 31.3 Å². The van der Waals surface area contributed by atoms with Gasteiger partial charge in [-0.2, -0.15) is 0 Å². The Morgan fingerprint density at radius 2 is 1.93 bits per heavy atom. The van der Waals surface area contributed by atoms with Crippen LogP contribution in [0.3, 0.4) is 0 Å². The first-order valence-corrected chi connectivity index (χ1v) is 8.13. The van der Waals surface area contributed by atoms with Gasteiger partial charge in [-0.15, -0.1) is 0 Å². The number of nitro benzene ring substituents is 1. The lowest BCUT2D eigenvalue weighted by Gasteiger charge is -2.16. The molecule has 0 amide bonds. The van der Waals surface area contributed by atoms with Gasteiger partial charge >= 0.3 is 11.4 Å². The van der Waals surface area contributed by atoms with Gasteiger partial charge in [0, 0.05) is 19.7 Å². The van der Waals surface area contributed by atoms with Crippen molar-refractivity contribution < 1.29 is 14.5 Å². The van der Waals surface area contributed by atoms with E-state index < -0.39 is 28.6 Å². The summed E-state index contributed by atoms with van der Waals surface area (Å²) >= 11 is 0. The number of carbonyl (C=O) groups excluding carboxylic acids is 1. The highest BCUT2D eigenvalue weighted by Gasteiger charge is 2.23. The van der Waals surface area contributed by atoms with Crippen LogP contribution in [0.25, 0.3) is 0 Å². The molecule has 0 bridgehead atoms. The highest BCUT2D eigenvalue weighted by atomic mass is 16.6. The molecule has 1 heterocycles. The number of carbonyl (C=O) groups is 1. The molecular weight excluding hydrogens is 356 g/mol. The molecule has 1 aromatic heterocycles. The number of hydrogen-bond donors (Lipinski definition) is 1. The standard InChI is InChI=1S/C17H20N4O6/c1-10(2)8-20-15(18)14(16(23)19(3)17(20)24)12(22)9-27-13-7-5-4-6-11(13)21(25)26/h4-7,10H,8-9,18H2,1-3H3. The van der Waals surface area contributed by atoms with Crippen molar-refractivity contribution >= 4 is 17.3 Å². The SMILES string of the molecule is CC(C)Cn1c(N)c(C(=O)COc2ccccc2[N+](=O)[O-])c(=O)n(C)c1=O. The van der Waals surface area contributed by atoms with E-state index in [4.69, 9.17) is 10.5 Å². The van der Waals surface area contributed by atoms with E-state index in [0.29, 0.717) is 0 Å². The number of Topliss-reactive ketones (excluding diaryl/α,β-unsaturated/α-hetero) is 1. The fraction of sp³-hybridized carbons (Fsp3) is 0.353. The highest BCUT2D eigenvalue weighted by Crippen LogP contribution is 2.25. The van der Waals surface area contributed by atoms with Crippen molar-refractivity contribution in [3.8, 4) is 5.75 Å². The van der Waals surface area contributed by atoms with Crippen LogP contribution in [-0.4, -0.2) is 26.4 Å². The molecular formula is C17H20N4O6. The molecule has 0 aliphatic rings. The number of ketones is 1. The van der Waals surface area contributed by atoms with Crippen molar-refractivity contribution in [1.82, 2.24) is 9.13 Å². The number of anilines is 1. The molecule has 144 valence electrons. The third-order valence-electron chi connectivity index (χ3n) is 3.83. The molecule has 2 N–H and O–H groups in total. The maximum absolute atomic E-state index is 12.5. The van der Waals surface area contributed by atoms with Crippen molar-refractivity contribution in [1.29, 1.82) is 0 Å². The van der Waals surface area contributed by atoms with Gasteiger partial charge in [-0.05, 0) is 12.0 Å². The number of hydrogen-bond acceptors (Lipinski definition) is 7. The number of nitrogens with zero attached hydrogens (tertiary/aromatic N) is 3. The van der Waals surface area contributed by atoms with E-state index >= 15 is 0 Å². The Balaban J connectivity index is 2.40. The number of ether oxygens (including phenoxy) is 1. The Hall–Kier alpha value is -3.43. The topological polar surface area (TPSA) is 139 Å². The molecule has 0 unspecified atom stereocenters. The van der Waals surface area contributed by atoms with Crippen molar-refractivity contribution in [2.24, 2.45) is 13.0 Å². The largest absolute Gasteiger partial charge is 0.478 e. The smallest absolute Gasteiger partial charge is 0.332 e. The number of nitrogens with two attached hydrogens (primary N) is 1. The van der Waals surface area contributed by atoms with Crippen molar-refractivity contribution in [2.45, 2.75) is 20.4 Å². The Labute approximate surface area is 153 Å². The van der Waals surface area contributed by atoms with Crippen LogP contribution in [0.15, 0.2) is 33.9 Å². The van der Waals surface area contributed by atoms with Crippen LogP contribution >= 0.6 is 0 Å². The molecule has 0 spiro atoms. The minimum atomic E-state index is -0.839. The van der Waals surface area contributed by atoms with Crippen LogP contribution in [0.4, 0.5) is 11.5 Å². The van der Waals surface area contributed by atoms with E-state index in [9.17, 15) is 24.5 Å². The van der Waals surface area contributed by atoms with Gasteiger partial charge in [-0.1, -0.05) is 26.0 Å². The lowest BCUT2D eigenvalue weighted by molar-refractivity contribution is -0.385. The Morgan fingerprint density at radius 3 is 2.52 bits per heavy atom. The van der Waals surface area contributed by atoms with Crippen LogP contribution in [0, 0.1) is 16.0 Å². The summed E-state index contributed by atoms with van der Waals surface area (Å²) < 4.78 is 7.19. The number of nitro groups is 1. The minimum absolute atomic E-state index is 0.0497. The number of aromatic nitrogens is 2. The molecule has 1 aromatic carbocycles. The maximum atomic E-state index is 12.5. The zero-order chi connectivity index (χ0) is 20.3. The van der Waals surface area contributed by atoms with Crippen LogP contribution < -0.4 is 21.7 Å². The van der Waals surface area contributed by atoms with E-state index in [2.05, 4.69) is 0 Å². The average Bonchev–Trinajstić information content (AvgIpc) is 2.62. The number of para-hydroxylation sites is 2. The van der Waals surface area contributed by atoms with Gasteiger partial charge in [-0.3, -0.25) is 28.8 Å². The fourth-order valence-corrected chi connectivity index (χ4v) is 2.53. The quantitative estimate of drug-likeness (QED) is 0.431. The normalized spacial score (nSPS) is 10.8. The minimum Gasteiger partial charge on any atom is -0.478 e. The Kier molecular flexibility index (Phi) is 5.78. The van der Waals surface area contributed by atoms with Crippen molar-refractivity contribution in [2.75, 3.05) is 12.3 Å². The summed E-state index contributed by atoms with van der Waals surface area (Å²) in [7, 11) is 1.25. The second kappa shape index (κ2) is 7.85. The lowest BCUT2D eigenvalue weighted by atomic mass is 10.1. The van der Waals surface area contributed by atoms with Gasteiger partial charge in [0.2, 0.25) is 5.78 Å². The van der Waals surface area contributed by atoms with Crippen LogP contribution in [0.5, 0.6) is 5.75 Å². The maximum Gasteiger partial charge on any atom is 0.332 e. The van der Waals surface area contributed by atoms with Gasteiger partial charge in [0.05, 0.1) is 4.92 Å². The zero-order valence-electron chi connectivity index (χ0n) is 15.2. The van der Waals surface area contributed by atoms with Crippen molar-refractivity contribution in [3.05, 3.63) is 60.8 Å². The van der Waals surface area contributed by atoms with Gasteiger partial charge in [0.25, 0.3) is 5.56 Å². The molecule has 0 saturated heterocycles. The Bertz CT molecular complexity index is 1010. The molecule has 0 aliphatic heterocycles. The number of benzene rings is 1. The van der Waals surface area contributed by atoms with E-state index in [1.54, 1.807) is 0 Å². The molecule has 0 fully saturated rings. The molecule has 2 rings (SSSR count). The molecule has 10 nitrogen and oxygen atoms in total. The van der Waals surface area contributed by atoms with E-state index in [0.717, 1.165) is 9.13 Å². The van der Waals surface area contributed by atoms with E-state index in [1.807, 2.05) is 13.8 Å². The summed E-state index contributed by atoms with van der Waals surface area (Å²) in [5, 5.41) is 11.0. The number of nitrogen functional groups attached to an aromatic ring is 1. The monoisotopic (exact) mass is 376 g/mol. The number of rotatable bonds is 7. The average molecular weight is 376 g/mol. The molecule has 0 aliphatic carbocycles. The predicted octanol–water partition coefficient (Wildman–Crippen LogP) is 0.955. The van der Waals surface area contributed by atoms with Crippen LogP contribution in [0.1, 0.15) is 24.2 Å². The molecule has 2 aromatic rings.